The van der Waals surface area contributed by atoms with Gasteiger partial charge in [-0.1, -0.05) is 23.7 Å². The minimum atomic E-state index is -0.561. The Morgan fingerprint density at radius 2 is 1.82 bits per heavy atom. The van der Waals surface area contributed by atoms with E-state index in [9.17, 15) is 4.21 Å². The van der Waals surface area contributed by atoms with Crippen molar-refractivity contribution in [2.45, 2.75) is 12.8 Å². The fraction of sp³-hybridized carbons (Fsp3) is 0.538. The third-order valence-corrected chi connectivity index (χ3v) is 4.65. The number of rotatable bonds is 4. The second kappa shape index (κ2) is 6.53. The molecule has 1 aromatic rings. The van der Waals surface area contributed by atoms with Gasteiger partial charge in [0.2, 0.25) is 0 Å². The van der Waals surface area contributed by atoms with Gasteiger partial charge in [0.15, 0.2) is 0 Å². The highest BCUT2D eigenvalue weighted by Crippen LogP contribution is 2.11. The fourth-order valence-corrected chi connectivity index (χ4v) is 3.31. The molecule has 0 aromatic heterocycles. The third-order valence-electron chi connectivity index (χ3n) is 3.12. The first-order valence-electron chi connectivity index (χ1n) is 6.06. The molecule has 1 saturated heterocycles. The lowest BCUT2D eigenvalue weighted by Crippen LogP contribution is -2.38. The van der Waals surface area contributed by atoms with Crippen molar-refractivity contribution in [3.63, 3.8) is 0 Å². The number of aryl methyl sites for hydroxylation is 1. The SMILES string of the molecule is O=S1CCN(CCCc2ccc(Cl)cc2)CC1. The molecule has 0 radical (unpaired) electrons. The predicted octanol–water partition coefficient (Wildman–Crippen LogP) is 2.34. The standard InChI is InChI=1S/C13H18ClNOS/c14-13-5-3-12(4-6-13)2-1-7-15-8-10-17(16)11-9-15/h3-6H,1-2,7-11H2. The summed E-state index contributed by atoms with van der Waals surface area (Å²) >= 11 is 5.84. The molecular formula is C13H18ClNOS. The molecule has 0 unspecified atom stereocenters. The molecule has 2 nitrogen and oxygen atoms in total. The fourth-order valence-electron chi connectivity index (χ4n) is 2.06. The molecule has 1 aromatic carbocycles. The number of hydrogen-bond donors (Lipinski definition) is 0. The van der Waals surface area contributed by atoms with E-state index in [4.69, 9.17) is 11.6 Å². The smallest absolute Gasteiger partial charge is 0.0406 e. The second-order valence-electron chi connectivity index (χ2n) is 4.42. The molecule has 1 aliphatic heterocycles. The lowest BCUT2D eigenvalue weighted by Gasteiger charge is -2.25. The molecule has 17 heavy (non-hydrogen) atoms. The van der Waals surface area contributed by atoms with Crippen LogP contribution in [0.4, 0.5) is 0 Å². The molecule has 0 amide bonds. The van der Waals surface area contributed by atoms with Gasteiger partial charge < -0.3 is 4.90 Å². The zero-order chi connectivity index (χ0) is 12.1. The normalized spacial score (nSPS) is 18.4. The quantitative estimate of drug-likeness (QED) is 0.838. The molecule has 0 bridgehead atoms. The summed E-state index contributed by atoms with van der Waals surface area (Å²) in [6.45, 7) is 3.10. The summed E-state index contributed by atoms with van der Waals surface area (Å²) in [7, 11) is -0.561. The maximum absolute atomic E-state index is 11.2. The average Bonchev–Trinajstić information content (AvgIpc) is 2.34. The summed E-state index contributed by atoms with van der Waals surface area (Å²) in [5.41, 5.74) is 1.34. The van der Waals surface area contributed by atoms with E-state index in [2.05, 4.69) is 17.0 Å². The predicted molar refractivity (Wildman–Crippen MR) is 74.1 cm³/mol. The van der Waals surface area contributed by atoms with Crippen LogP contribution in [0.1, 0.15) is 12.0 Å². The molecule has 0 atom stereocenters. The van der Waals surface area contributed by atoms with Gasteiger partial charge in [0, 0.05) is 40.4 Å². The second-order valence-corrected chi connectivity index (χ2v) is 6.55. The van der Waals surface area contributed by atoms with E-state index in [1.165, 1.54) is 5.56 Å². The summed E-state index contributed by atoms with van der Waals surface area (Å²) in [6, 6.07) is 8.07. The van der Waals surface area contributed by atoms with E-state index in [-0.39, 0.29) is 0 Å². The lowest BCUT2D eigenvalue weighted by atomic mass is 10.1. The van der Waals surface area contributed by atoms with Crippen LogP contribution in [0.25, 0.3) is 0 Å². The Bertz CT molecular complexity index is 370. The van der Waals surface area contributed by atoms with Crippen LogP contribution in [0.3, 0.4) is 0 Å². The first kappa shape index (κ1) is 13.1. The van der Waals surface area contributed by atoms with Crippen molar-refractivity contribution in [1.82, 2.24) is 4.90 Å². The molecule has 0 saturated carbocycles. The monoisotopic (exact) mass is 271 g/mol. The van der Waals surface area contributed by atoms with Crippen LogP contribution < -0.4 is 0 Å². The van der Waals surface area contributed by atoms with E-state index in [0.29, 0.717) is 0 Å². The van der Waals surface area contributed by atoms with E-state index in [0.717, 1.165) is 49.0 Å². The van der Waals surface area contributed by atoms with Gasteiger partial charge in [0.25, 0.3) is 0 Å². The highest BCUT2D eigenvalue weighted by molar-refractivity contribution is 7.85. The van der Waals surface area contributed by atoms with Crippen LogP contribution in [-0.2, 0) is 17.2 Å². The summed E-state index contributed by atoms with van der Waals surface area (Å²) in [4.78, 5) is 2.41. The Kier molecular flexibility index (Phi) is 5.01. The van der Waals surface area contributed by atoms with Crippen molar-refractivity contribution in [3.8, 4) is 0 Å². The molecule has 2 rings (SSSR count). The van der Waals surface area contributed by atoms with E-state index in [1.54, 1.807) is 0 Å². The summed E-state index contributed by atoms with van der Waals surface area (Å²) in [5.74, 6) is 1.70. The van der Waals surface area contributed by atoms with Gasteiger partial charge >= 0.3 is 0 Å². The maximum atomic E-state index is 11.2. The Balaban J connectivity index is 1.69. The van der Waals surface area contributed by atoms with Gasteiger partial charge in [-0.05, 0) is 37.1 Å². The van der Waals surface area contributed by atoms with Gasteiger partial charge in [-0.3, -0.25) is 4.21 Å². The highest BCUT2D eigenvalue weighted by Gasteiger charge is 2.13. The van der Waals surface area contributed by atoms with Gasteiger partial charge in [-0.25, -0.2) is 0 Å². The van der Waals surface area contributed by atoms with E-state index < -0.39 is 10.8 Å². The number of nitrogens with zero attached hydrogens (tertiary/aromatic N) is 1. The van der Waals surface area contributed by atoms with Crippen LogP contribution in [0.5, 0.6) is 0 Å². The molecule has 1 heterocycles. The first-order chi connectivity index (χ1) is 8.24. The van der Waals surface area contributed by atoms with Crippen molar-refractivity contribution in [1.29, 1.82) is 0 Å². The van der Waals surface area contributed by atoms with E-state index >= 15 is 0 Å². The van der Waals surface area contributed by atoms with Crippen LogP contribution in [0.2, 0.25) is 5.02 Å². The van der Waals surface area contributed by atoms with Crippen molar-refractivity contribution in [2.24, 2.45) is 0 Å². The van der Waals surface area contributed by atoms with Crippen LogP contribution >= 0.6 is 11.6 Å². The van der Waals surface area contributed by atoms with Gasteiger partial charge in [-0.15, -0.1) is 0 Å². The molecule has 0 N–H and O–H groups in total. The van der Waals surface area contributed by atoms with Crippen molar-refractivity contribution in [3.05, 3.63) is 34.9 Å². The lowest BCUT2D eigenvalue weighted by molar-refractivity contribution is 0.296. The summed E-state index contributed by atoms with van der Waals surface area (Å²) in [6.07, 6.45) is 2.25. The van der Waals surface area contributed by atoms with Gasteiger partial charge in [0.1, 0.15) is 0 Å². The Morgan fingerprint density at radius 1 is 1.18 bits per heavy atom. The van der Waals surface area contributed by atoms with Crippen molar-refractivity contribution in [2.75, 3.05) is 31.1 Å². The minimum absolute atomic E-state index is 0.561. The highest BCUT2D eigenvalue weighted by atomic mass is 35.5. The largest absolute Gasteiger partial charge is 0.301 e. The van der Waals surface area contributed by atoms with Crippen LogP contribution in [0.15, 0.2) is 24.3 Å². The summed E-state index contributed by atoms with van der Waals surface area (Å²) < 4.78 is 11.2. The third kappa shape index (κ3) is 4.41. The first-order valence-corrected chi connectivity index (χ1v) is 7.92. The van der Waals surface area contributed by atoms with Crippen molar-refractivity contribution >= 4 is 22.4 Å². The Morgan fingerprint density at radius 3 is 2.47 bits per heavy atom. The molecule has 4 heteroatoms. The topological polar surface area (TPSA) is 20.3 Å². The van der Waals surface area contributed by atoms with Crippen LogP contribution in [0, 0.1) is 0 Å². The zero-order valence-corrected chi connectivity index (χ0v) is 11.5. The van der Waals surface area contributed by atoms with E-state index in [1.807, 2.05) is 12.1 Å². The molecule has 1 aliphatic rings. The Labute approximate surface area is 110 Å². The van der Waals surface area contributed by atoms with Crippen molar-refractivity contribution < 1.29 is 4.21 Å². The van der Waals surface area contributed by atoms with Crippen LogP contribution in [-0.4, -0.2) is 40.2 Å². The average molecular weight is 272 g/mol. The molecule has 94 valence electrons. The van der Waals surface area contributed by atoms with Gasteiger partial charge in [-0.2, -0.15) is 0 Å². The van der Waals surface area contributed by atoms with Gasteiger partial charge in [0.05, 0.1) is 0 Å². The number of benzene rings is 1. The number of halogens is 1. The maximum Gasteiger partial charge on any atom is 0.0406 e. The summed E-state index contributed by atoms with van der Waals surface area (Å²) in [5, 5.41) is 0.798. The molecule has 0 aliphatic carbocycles. The minimum Gasteiger partial charge on any atom is -0.301 e. The number of hydrogen-bond acceptors (Lipinski definition) is 2. The molecule has 1 fully saturated rings. The zero-order valence-electron chi connectivity index (χ0n) is 9.90. The molecule has 0 spiro atoms. The Hall–Kier alpha value is -0.380. The molecular weight excluding hydrogens is 254 g/mol.